The Balaban J connectivity index is 1.53. The zero-order chi connectivity index (χ0) is 16.9. The zero-order valence-electron chi connectivity index (χ0n) is 12.9. The van der Waals surface area contributed by atoms with Crippen LogP contribution in [0.25, 0.3) is 11.6 Å². The molecule has 2 heterocycles. The lowest BCUT2D eigenvalue weighted by atomic mass is 10.2. The molecule has 1 N–H and O–H groups in total. The number of hydrogen-bond acceptors (Lipinski definition) is 6. The summed E-state index contributed by atoms with van der Waals surface area (Å²) >= 11 is 0. The van der Waals surface area contributed by atoms with Gasteiger partial charge in [-0.25, -0.2) is 9.37 Å². The van der Waals surface area contributed by atoms with Gasteiger partial charge in [0.15, 0.2) is 5.82 Å². The smallest absolute Gasteiger partial charge is 0.239 e. The lowest BCUT2D eigenvalue weighted by Gasteiger charge is -2.16. The first kappa shape index (κ1) is 15.8. The summed E-state index contributed by atoms with van der Waals surface area (Å²) in [4.78, 5) is 21.8. The van der Waals surface area contributed by atoms with Crippen LogP contribution in [0.1, 0.15) is 17.9 Å². The molecule has 0 aliphatic heterocycles. The van der Waals surface area contributed by atoms with Crippen LogP contribution in [0.15, 0.2) is 35.1 Å². The van der Waals surface area contributed by atoms with Gasteiger partial charge in [-0.15, -0.1) is 0 Å². The van der Waals surface area contributed by atoms with Crippen molar-refractivity contribution in [1.82, 2.24) is 30.2 Å². The molecular weight excluding hydrogens is 315 g/mol. The van der Waals surface area contributed by atoms with E-state index in [1.165, 1.54) is 23.4 Å². The number of aromatic amines is 1. The molecule has 124 valence electrons. The molecule has 0 saturated heterocycles. The maximum atomic E-state index is 13.2. The van der Waals surface area contributed by atoms with Crippen molar-refractivity contribution in [3.8, 4) is 11.6 Å². The molecule has 3 rings (SSSR count). The van der Waals surface area contributed by atoms with Gasteiger partial charge in [-0.05, 0) is 17.7 Å². The number of carbonyl (C=O) groups excluding carboxylic acids is 1. The van der Waals surface area contributed by atoms with Gasteiger partial charge in [-0.2, -0.15) is 10.1 Å². The third-order valence-electron chi connectivity index (χ3n) is 3.38. The zero-order valence-corrected chi connectivity index (χ0v) is 12.9. The molecule has 24 heavy (non-hydrogen) atoms. The van der Waals surface area contributed by atoms with Crippen molar-refractivity contribution in [1.29, 1.82) is 0 Å². The molecule has 0 unspecified atom stereocenters. The van der Waals surface area contributed by atoms with E-state index in [9.17, 15) is 9.18 Å². The van der Waals surface area contributed by atoms with Crippen LogP contribution in [0, 0.1) is 5.82 Å². The fourth-order valence-corrected chi connectivity index (χ4v) is 2.17. The van der Waals surface area contributed by atoms with Crippen LogP contribution in [0.4, 0.5) is 4.39 Å². The fraction of sp³-hybridized carbons (Fsp3) is 0.267. The number of nitrogens with one attached hydrogen (secondary N) is 1. The number of aryl methyl sites for hydroxylation is 1. The molecule has 0 aliphatic rings. The molecule has 2 aromatic heterocycles. The number of benzene rings is 1. The normalized spacial score (nSPS) is 10.8. The van der Waals surface area contributed by atoms with Crippen molar-refractivity contribution in [2.75, 3.05) is 7.05 Å². The second-order valence-electron chi connectivity index (χ2n) is 5.23. The van der Waals surface area contributed by atoms with Crippen molar-refractivity contribution in [2.45, 2.75) is 19.4 Å². The molecule has 0 radical (unpaired) electrons. The SMILES string of the molecule is CN(Cc1cccc(F)c1)C(=O)CCc1nc(-c2ncn[nH]2)no1. The Morgan fingerprint density at radius 3 is 3.04 bits per heavy atom. The number of carbonyl (C=O) groups is 1. The maximum absolute atomic E-state index is 13.2. The Labute approximate surface area is 136 Å². The van der Waals surface area contributed by atoms with Gasteiger partial charge >= 0.3 is 0 Å². The minimum absolute atomic E-state index is 0.0984. The summed E-state index contributed by atoms with van der Waals surface area (Å²) < 4.78 is 18.2. The molecule has 8 nitrogen and oxygen atoms in total. The van der Waals surface area contributed by atoms with Gasteiger partial charge in [-0.3, -0.25) is 9.89 Å². The van der Waals surface area contributed by atoms with E-state index >= 15 is 0 Å². The Hall–Kier alpha value is -3.10. The Kier molecular flexibility index (Phi) is 4.59. The van der Waals surface area contributed by atoms with Crippen molar-refractivity contribution >= 4 is 5.91 Å². The molecule has 0 fully saturated rings. The van der Waals surface area contributed by atoms with Crippen LogP contribution in [-0.4, -0.2) is 43.2 Å². The first-order valence-electron chi connectivity index (χ1n) is 7.28. The minimum atomic E-state index is -0.320. The maximum Gasteiger partial charge on any atom is 0.239 e. The Bertz CT molecular complexity index is 817. The standard InChI is InChI=1S/C15H15FN6O2/c1-22(8-10-3-2-4-11(16)7-10)13(23)6-5-12-19-15(21-24-12)14-17-9-18-20-14/h2-4,7,9H,5-6,8H2,1H3,(H,17,18,20). The van der Waals surface area contributed by atoms with Crippen LogP contribution >= 0.6 is 0 Å². The van der Waals surface area contributed by atoms with Gasteiger partial charge in [0.1, 0.15) is 12.1 Å². The molecule has 0 bridgehead atoms. The van der Waals surface area contributed by atoms with Crippen molar-refractivity contribution in [2.24, 2.45) is 0 Å². The van der Waals surface area contributed by atoms with Gasteiger partial charge in [0.25, 0.3) is 0 Å². The average molecular weight is 330 g/mol. The third kappa shape index (κ3) is 3.80. The Morgan fingerprint density at radius 1 is 1.42 bits per heavy atom. The van der Waals surface area contributed by atoms with Crippen molar-refractivity contribution in [3.05, 3.63) is 47.9 Å². The summed E-state index contributed by atoms with van der Waals surface area (Å²) in [6, 6.07) is 6.17. The number of nitrogens with zero attached hydrogens (tertiary/aromatic N) is 5. The number of amides is 1. The van der Waals surface area contributed by atoms with Gasteiger partial charge in [-0.1, -0.05) is 17.3 Å². The summed E-state index contributed by atoms with van der Waals surface area (Å²) in [5.41, 5.74) is 0.733. The predicted molar refractivity (Wildman–Crippen MR) is 80.9 cm³/mol. The largest absolute Gasteiger partial charge is 0.341 e. The predicted octanol–water partition coefficient (Wildman–Crippen LogP) is 1.58. The van der Waals surface area contributed by atoms with Crippen LogP contribution in [0.2, 0.25) is 0 Å². The van der Waals surface area contributed by atoms with Gasteiger partial charge in [0.2, 0.25) is 17.6 Å². The molecule has 9 heteroatoms. The number of halogens is 1. The van der Waals surface area contributed by atoms with E-state index in [2.05, 4.69) is 25.3 Å². The molecule has 0 saturated carbocycles. The summed E-state index contributed by atoms with van der Waals surface area (Å²) in [5, 5.41) is 10.1. The van der Waals surface area contributed by atoms with Gasteiger partial charge in [0, 0.05) is 26.4 Å². The molecule has 3 aromatic rings. The highest BCUT2D eigenvalue weighted by atomic mass is 19.1. The Morgan fingerprint density at radius 2 is 2.29 bits per heavy atom. The molecule has 0 spiro atoms. The minimum Gasteiger partial charge on any atom is -0.341 e. The molecular formula is C15H15FN6O2. The van der Waals surface area contributed by atoms with E-state index in [4.69, 9.17) is 4.52 Å². The first-order chi connectivity index (χ1) is 11.6. The second kappa shape index (κ2) is 6.99. The van der Waals surface area contributed by atoms with E-state index in [1.54, 1.807) is 19.2 Å². The highest BCUT2D eigenvalue weighted by Gasteiger charge is 2.14. The monoisotopic (exact) mass is 330 g/mol. The molecule has 0 aliphatic carbocycles. The first-order valence-corrected chi connectivity index (χ1v) is 7.28. The molecule has 1 aromatic carbocycles. The topological polar surface area (TPSA) is 101 Å². The van der Waals surface area contributed by atoms with E-state index in [0.717, 1.165) is 5.56 Å². The van der Waals surface area contributed by atoms with Gasteiger partial charge in [0.05, 0.1) is 0 Å². The van der Waals surface area contributed by atoms with Crippen LogP contribution < -0.4 is 0 Å². The van der Waals surface area contributed by atoms with Crippen LogP contribution in [0.3, 0.4) is 0 Å². The average Bonchev–Trinajstić information content (AvgIpc) is 3.23. The summed E-state index contributed by atoms with van der Waals surface area (Å²) in [7, 11) is 1.67. The van der Waals surface area contributed by atoms with Crippen molar-refractivity contribution < 1.29 is 13.7 Å². The summed E-state index contributed by atoms with van der Waals surface area (Å²) in [6.45, 7) is 0.337. The summed E-state index contributed by atoms with van der Waals surface area (Å²) in [6.07, 6.45) is 1.87. The lowest BCUT2D eigenvalue weighted by Crippen LogP contribution is -2.26. The van der Waals surface area contributed by atoms with Crippen molar-refractivity contribution in [3.63, 3.8) is 0 Å². The molecule has 1 amide bonds. The third-order valence-corrected chi connectivity index (χ3v) is 3.38. The van der Waals surface area contributed by atoms with E-state index < -0.39 is 0 Å². The van der Waals surface area contributed by atoms with Gasteiger partial charge < -0.3 is 9.42 Å². The highest BCUT2D eigenvalue weighted by Crippen LogP contribution is 2.11. The van der Waals surface area contributed by atoms with E-state index in [-0.39, 0.29) is 18.1 Å². The van der Waals surface area contributed by atoms with E-state index in [1.807, 2.05) is 0 Å². The number of hydrogen-bond donors (Lipinski definition) is 1. The van der Waals surface area contributed by atoms with Crippen LogP contribution in [0.5, 0.6) is 0 Å². The second-order valence-corrected chi connectivity index (χ2v) is 5.23. The number of rotatable bonds is 6. The quantitative estimate of drug-likeness (QED) is 0.736. The van der Waals surface area contributed by atoms with E-state index in [0.29, 0.717) is 30.5 Å². The van der Waals surface area contributed by atoms with Crippen LogP contribution in [-0.2, 0) is 17.8 Å². The fourth-order valence-electron chi connectivity index (χ4n) is 2.17. The number of H-pyrrole nitrogens is 1. The lowest BCUT2D eigenvalue weighted by molar-refractivity contribution is -0.130. The molecule has 0 atom stereocenters. The summed E-state index contributed by atoms with van der Waals surface area (Å²) in [5.74, 6) is 0.620. The highest BCUT2D eigenvalue weighted by molar-refractivity contribution is 5.76. The number of aromatic nitrogens is 5.